The van der Waals surface area contributed by atoms with Crippen molar-refractivity contribution in [3.8, 4) is 67.5 Å². The maximum absolute atomic E-state index is 10.3. The van der Waals surface area contributed by atoms with Gasteiger partial charge in [-0.15, -0.1) is 9.13 Å². The van der Waals surface area contributed by atoms with Crippen LogP contribution in [-0.4, -0.2) is 4.57 Å². The smallest absolute Gasteiger partial charge is 0.392 e. The molecular formula is C60H61N3O+2. The van der Waals surface area contributed by atoms with Gasteiger partial charge in [0.05, 0.1) is 15.2 Å². The maximum Gasteiger partial charge on any atom is 0.499 e. The standard InChI is InChI=1S/C60H61N3O/c1-36(2)41-30-45(37(3)4)55-49(31-41)56-62(50-27-26-42(59(11,12)58(8,9)10)33-46(50)39-22-17-14-18-23-39)51-25-19-24-44-47-34-43(57(5,6)7)35-48-52-32-40(38-20-15-13-16-21-38)28-29-61(52)60(64-55,53(47)48)63(56)54(44)51/h13-37H,1-12H3/q+2/i13D,15D,16D,20D,21D,28D,29D,32D. The molecule has 0 N–H and O–H groups in total. The highest BCUT2D eigenvalue weighted by molar-refractivity contribution is 5.98. The summed E-state index contributed by atoms with van der Waals surface area (Å²) in [4.78, 5) is 0. The van der Waals surface area contributed by atoms with Gasteiger partial charge < -0.3 is 4.74 Å². The first-order chi connectivity index (χ1) is 33.7. The molecule has 4 heteroatoms. The van der Waals surface area contributed by atoms with E-state index in [1.165, 1.54) is 5.56 Å². The Morgan fingerprint density at radius 2 is 1.36 bits per heavy atom. The molecular weight excluding hydrogens is 779 g/mol. The van der Waals surface area contributed by atoms with Gasteiger partial charge in [-0.1, -0.05) is 162 Å². The minimum Gasteiger partial charge on any atom is -0.392 e. The summed E-state index contributed by atoms with van der Waals surface area (Å²) >= 11 is 0. The van der Waals surface area contributed by atoms with E-state index in [9.17, 15) is 4.11 Å². The van der Waals surface area contributed by atoms with Crippen molar-refractivity contribution in [2.75, 3.05) is 0 Å². The van der Waals surface area contributed by atoms with Crippen LogP contribution < -0.4 is 13.9 Å². The quantitative estimate of drug-likeness (QED) is 0.153. The lowest BCUT2D eigenvalue weighted by Gasteiger charge is -2.39. The van der Waals surface area contributed by atoms with E-state index in [2.05, 4.69) is 177 Å². The van der Waals surface area contributed by atoms with Crippen LogP contribution in [0.3, 0.4) is 0 Å². The fraction of sp³-hybridized carbons (Fsp3) is 0.300. The van der Waals surface area contributed by atoms with Gasteiger partial charge in [-0.25, -0.2) is 0 Å². The highest BCUT2D eigenvalue weighted by Crippen LogP contribution is 2.56. The van der Waals surface area contributed by atoms with Crippen molar-refractivity contribution in [3.63, 3.8) is 0 Å². The molecule has 0 saturated heterocycles. The van der Waals surface area contributed by atoms with Crippen molar-refractivity contribution in [3.05, 3.63) is 167 Å². The van der Waals surface area contributed by atoms with Crippen LogP contribution in [0, 0.1) is 5.41 Å². The van der Waals surface area contributed by atoms with Gasteiger partial charge in [0.15, 0.2) is 23.0 Å². The second-order valence-electron chi connectivity index (χ2n) is 21.3. The topological polar surface area (TPSA) is 21.9 Å². The van der Waals surface area contributed by atoms with E-state index in [0.29, 0.717) is 16.9 Å². The largest absolute Gasteiger partial charge is 0.499 e. The zero-order valence-corrected chi connectivity index (χ0v) is 39.1. The average Bonchev–Trinajstić information content (AvgIpc) is 3.84. The van der Waals surface area contributed by atoms with Crippen molar-refractivity contribution >= 4 is 11.0 Å². The molecule has 64 heavy (non-hydrogen) atoms. The van der Waals surface area contributed by atoms with E-state index >= 15 is 0 Å². The summed E-state index contributed by atoms with van der Waals surface area (Å²) in [5, 5.41) is 0. The molecule has 4 nitrogen and oxygen atoms in total. The summed E-state index contributed by atoms with van der Waals surface area (Å²) in [6.07, 6.45) is -0.326. The minimum atomic E-state index is -1.72. The third-order valence-electron chi connectivity index (χ3n) is 14.7. The van der Waals surface area contributed by atoms with Crippen LogP contribution >= 0.6 is 0 Å². The second kappa shape index (κ2) is 13.6. The zero-order chi connectivity index (χ0) is 51.8. The third-order valence-corrected chi connectivity index (χ3v) is 14.7. The molecule has 5 heterocycles. The van der Waals surface area contributed by atoms with Gasteiger partial charge in [0.1, 0.15) is 18.2 Å². The van der Waals surface area contributed by atoms with Crippen molar-refractivity contribution < 1.29 is 24.8 Å². The highest BCUT2D eigenvalue weighted by Gasteiger charge is 2.69. The van der Waals surface area contributed by atoms with Crippen LogP contribution in [0.4, 0.5) is 0 Å². The fourth-order valence-electron chi connectivity index (χ4n) is 10.1. The summed E-state index contributed by atoms with van der Waals surface area (Å²) in [6, 6.07) is 29.1. The summed E-state index contributed by atoms with van der Waals surface area (Å²) in [5.74, 6) is -0.116. The number of pyridine rings is 1. The molecule has 320 valence electrons. The first-order valence-corrected chi connectivity index (χ1v) is 22.8. The normalized spacial score (nSPS) is 17.7. The summed E-state index contributed by atoms with van der Waals surface area (Å²) < 4.78 is 88.6. The van der Waals surface area contributed by atoms with Crippen LogP contribution in [-0.2, 0) is 16.7 Å². The van der Waals surface area contributed by atoms with E-state index in [1.54, 1.807) is 4.57 Å². The Kier molecular flexibility index (Phi) is 6.90. The van der Waals surface area contributed by atoms with E-state index in [1.807, 2.05) is 6.07 Å². The third kappa shape index (κ3) is 5.53. The second-order valence-corrected chi connectivity index (χ2v) is 21.3. The Balaban J connectivity index is 1.39. The fourth-order valence-corrected chi connectivity index (χ4v) is 10.1. The molecule has 1 spiro atoms. The predicted molar refractivity (Wildman–Crippen MR) is 263 cm³/mol. The van der Waals surface area contributed by atoms with E-state index < -0.39 is 47.5 Å². The molecule has 1 atom stereocenters. The van der Waals surface area contributed by atoms with Crippen LogP contribution in [0.2, 0.25) is 0 Å². The monoisotopic (exact) mass is 848 g/mol. The lowest BCUT2D eigenvalue weighted by Crippen LogP contribution is -2.78. The number of fused-ring (bicyclic) bond motifs is 5. The van der Waals surface area contributed by atoms with Gasteiger partial charge in [0.2, 0.25) is 5.69 Å². The molecule has 0 saturated carbocycles. The van der Waals surface area contributed by atoms with Crippen molar-refractivity contribution in [2.45, 2.75) is 112 Å². The zero-order valence-electron chi connectivity index (χ0n) is 47.1. The van der Waals surface area contributed by atoms with Crippen molar-refractivity contribution in [1.82, 2.24) is 4.57 Å². The Morgan fingerprint density at radius 1 is 0.641 bits per heavy atom. The summed E-state index contributed by atoms with van der Waals surface area (Å²) in [6.45, 7) is 26.6. The lowest BCUT2D eigenvalue weighted by molar-refractivity contribution is -0.997. The molecule has 0 fully saturated rings. The first-order valence-electron chi connectivity index (χ1n) is 26.8. The average molecular weight is 848 g/mol. The predicted octanol–water partition coefficient (Wildman–Crippen LogP) is 14.6. The van der Waals surface area contributed by atoms with Gasteiger partial charge in [-0.05, 0) is 109 Å². The molecule has 8 aromatic rings. The number of hydrogen-bond acceptors (Lipinski definition) is 1. The van der Waals surface area contributed by atoms with Crippen LogP contribution in [0.25, 0.3) is 72.7 Å². The molecule has 0 bridgehead atoms. The number of benzene rings is 6. The maximum atomic E-state index is 10.3. The highest BCUT2D eigenvalue weighted by atomic mass is 16.5. The van der Waals surface area contributed by atoms with Gasteiger partial charge >= 0.3 is 11.7 Å². The number of para-hydroxylation sites is 1. The van der Waals surface area contributed by atoms with Gasteiger partial charge in [0, 0.05) is 28.8 Å². The summed E-state index contributed by atoms with van der Waals surface area (Å²) in [7, 11) is 0. The molecule has 3 aliphatic rings. The number of hydrogen-bond donors (Lipinski definition) is 0. The lowest BCUT2D eigenvalue weighted by atomic mass is 9.65. The Labute approximate surface area is 391 Å². The first kappa shape index (κ1) is 32.4. The molecule has 11 rings (SSSR count). The number of aromatic nitrogens is 3. The Morgan fingerprint density at radius 3 is 2.05 bits per heavy atom. The molecule has 1 unspecified atom stereocenters. The van der Waals surface area contributed by atoms with Crippen LogP contribution in [0.15, 0.2) is 139 Å². The number of nitrogens with zero attached hydrogens (tertiary/aromatic N) is 3. The molecule has 0 radical (unpaired) electrons. The van der Waals surface area contributed by atoms with Crippen LogP contribution in [0.1, 0.15) is 134 Å². The van der Waals surface area contributed by atoms with E-state index in [-0.39, 0.29) is 51.7 Å². The number of ether oxygens (including phenoxy) is 1. The molecule has 0 aliphatic carbocycles. The molecule has 0 amide bonds. The van der Waals surface area contributed by atoms with Crippen molar-refractivity contribution in [2.24, 2.45) is 5.41 Å². The molecule has 6 aromatic carbocycles. The Bertz CT molecular complexity index is 3680. The van der Waals surface area contributed by atoms with Crippen LogP contribution in [0.5, 0.6) is 5.75 Å². The minimum absolute atomic E-state index is 0.00957. The van der Waals surface area contributed by atoms with Crippen molar-refractivity contribution in [1.29, 1.82) is 0 Å². The Hall–Kier alpha value is -6.26. The SMILES string of the molecule is [2H]c1c([2H])c([2H])c(-c2c([2H])c([2H])[n+]3c(c2[2H])-c2cc(C(C)(C)C)cc4c2C32Oc3c(cc(C(C)C)cc3C(C)C)-c3n(-c5ccc(C(C)(C)C(C)(C)C)cc5-c5ccccc5)c5cccc-4c5[n+]32)c([2H])c1[2H]. The molecule has 3 aliphatic heterocycles. The molecule has 2 aromatic heterocycles. The van der Waals surface area contributed by atoms with E-state index in [0.717, 1.165) is 67.1 Å². The van der Waals surface area contributed by atoms with Gasteiger partial charge in [-0.2, -0.15) is 4.57 Å². The summed E-state index contributed by atoms with van der Waals surface area (Å²) in [5.41, 5.74) is 12.2. The van der Waals surface area contributed by atoms with Gasteiger partial charge in [-0.3, -0.25) is 0 Å². The van der Waals surface area contributed by atoms with Gasteiger partial charge in [0.25, 0.3) is 0 Å². The van der Waals surface area contributed by atoms with E-state index in [4.69, 9.17) is 11.6 Å². The number of imidazole rings is 1. The number of rotatable bonds is 6.